The predicted molar refractivity (Wildman–Crippen MR) is 104 cm³/mol. The van der Waals surface area contributed by atoms with Crippen LogP contribution in [0.25, 0.3) is 0 Å². The number of benzene rings is 1. The summed E-state index contributed by atoms with van der Waals surface area (Å²) in [6.45, 7) is 2.66. The zero-order chi connectivity index (χ0) is 21.6. The summed E-state index contributed by atoms with van der Waals surface area (Å²) in [5.41, 5.74) is 6.95. The highest BCUT2D eigenvalue weighted by Crippen LogP contribution is 2.20. The molecule has 3 atom stereocenters. The SMILES string of the molecule is CC(=O)CN(CCc1ccccc1)C(=O)[C@@H]1OC(C(=O)O)=C[C@H](N)[C@H]1NC(C)=O. The summed E-state index contributed by atoms with van der Waals surface area (Å²) in [7, 11) is 0. The van der Waals surface area contributed by atoms with Crippen LogP contribution < -0.4 is 11.1 Å². The fraction of sp³-hybridized carbons (Fsp3) is 0.400. The largest absolute Gasteiger partial charge is 0.475 e. The minimum Gasteiger partial charge on any atom is -0.475 e. The summed E-state index contributed by atoms with van der Waals surface area (Å²) in [6, 6.07) is 7.50. The Bertz CT molecular complexity index is 808. The van der Waals surface area contributed by atoms with Gasteiger partial charge in [-0.3, -0.25) is 14.4 Å². The molecule has 29 heavy (non-hydrogen) atoms. The molecule has 0 bridgehead atoms. The van der Waals surface area contributed by atoms with E-state index in [9.17, 15) is 24.3 Å². The van der Waals surface area contributed by atoms with Crippen molar-refractivity contribution >= 4 is 23.6 Å². The zero-order valence-electron chi connectivity index (χ0n) is 16.3. The first-order chi connectivity index (χ1) is 13.7. The van der Waals surface area contributed by atoms with Crippen molar-refractivity contribution in [1.82, 2.24) is 10.2 Å². The molecule has 2 rings (SSSR count). The van der Waals surface area contributed by atoms with E-state index >= 15 is 0 Å². The molecule has 4 N–H and O–H groups in total. The topological polar surface area (TPSA) is 139 Å². The van der Waals surface area contributed by atoms with Crippen molar-refractivity contribution in [3.05, 3.63) is 47.7 Å². The van der Waals surface area contributed by atoms with Crippen LogP contribution in [0.3, 0.4) is 0 Å². The molecule has 0 aliphatic carbocycles. The van der Waals surface area contributed by atoms with Gasteiger partial charge in [0.2, 0.25) is 11.7 Å². The number of Topliss-reactive ketones (excluding diaryl/α,β-unsaturated/α-hetero) is 1. The van der Waals surface area contributed by atoms with Gasteiger partial charge in [-0.1, -0.05) is 30.3 Å². The molecule has 0 fully saturated rings. The van der Waals surface area contributed by atoms with Crippen LogP contribution in [0.4, 0.5) is 0 Å². The van der Waals surface area contributed by atoms with Crippen molar-refractivity contribution in [3.8, 4) is 0 Å². The van der Waals surface area contributed by atoms with Crippen LogP contribution in [0.5, 0.6) is 0 Å². The van der Waals surface area contributed by atoms with Gasteiger partial charge in [0.1, 0.15) is 5.78 Å². The zero-order valence-corrected chi connectivity index (χ0v) is 16.3. The van der Waals surface area contributed by atoms with E-state index in [0.29, 0.717) is 6.42 Å². The van der Waals surface area contributed by atoms with Gasteiger partial charge in [0.25, 0.3) is 5.91 Å². The van der Waals surface area contributed by atoms with E-state index in [4.69, 9.17) is 10.5 Å². The van der Waals surface area contributed by atoms with Crippen molar-refractivity contribution in [3.63, 3.8) is 0 Å². The van der Waals surface area contributed by atoms with E-state index in [0.717, 1.165) is 11.6 Å². The monoisotopic (exact) mass is 403 g/mol. The number of carbonyl (C=O) groups excluding carboxylic acids is 3. The molecule has 1 aromatic carbocycles. The Labute approximate surface area is 168 Å². The maximum atomic E-state index is 13.2. The first-order valence-corrected chi connectivity index (χ1v) is 9.15. The number of aliphatic carboxylic acids is 1. The molecule has 156 valence electrons. The molecule has 0 saturated carbocycles. The van der Waals surface area contributed by atoms with Crippen molar-refractivity contribution in [2.75, 3.05) is 13.1 Å². The van der Waals surface area contributed by atoms with Gasteiger partial charge in [-0.05, 0) is 25.0 Å². The third-order valence-corrected chi connectivity index (χ3v) is 4.40. The Morgan fingerprint density at radius 3 is 2.38 bits per heavy atom. The van der Waals surface area contributed by atoms with Gasteiger partial charge in [-0.2, -0.15) is 0 Å². The second-order valence-electron chi connectivity index (χ2n) is 6.88. The third-order valence-electron chi connectivity index (χ3n) is 4.40. The molecule has 9 nitrogen and oxygen atoms in total. The summed E-state index contributed by atoms with van der Waals surface area (Å²) in [6.07, 6.45) is 0.275. The van der Waals surface area contributed by atoms with Gasteiger partial charge in [0.05, 0.1) is 18.6 Å². The summed E-state index contributed by atoms with van der Waals surface area (Å²) >= 11 is 0. The summed E-state index contributed by atoms with van der Waals surface area (Å²) in [4.78, 5) is 49.1. The Morgan fingerprint density at radius 1 is 1.17 bits per heavy atom. The highest BCUT2D eigenvalue weighted by molar-refractivity contribution is 5.90. The van der Waals surface area contributed by atoms with E-state index in [1.165, 1.54) is 18.7 Å². The lowest BCUT2D eigenvalue weighted by atomic mass is 9.97. The minimum atomic E-state index is -1.37. The Morgan fingerprint density at radius 2 is 1.83 bits per heavy atom. The average molecular weight is 403 g/mol. The van der Waals surface area contributed by atoms with Gasteiger partial charge >= 0.3 is 5.97 Å². The van der Waals surface area contributed by atoms with Crippen LogP contribution in [0.1, 0.15) is 19.4 Å². The normalized spacial score (nSPS) is 20.8. The van der Waals surface area contributed by atoms with Crippen LogP contribution in [0.2, 0.25) is 0 Å². The van der Waals surface area contributed by atoms with E-state index < -0.39 is 41.7 Å². The van der Waals surface area contributed by atoms with E-state index in [1.807, 2.05) is 30.3 Å². The smallest absolute Gasteiger partial charge is 0.370 e. The van der Waals surface area contributed by atoms with Crippen LogP contribution >= 0.6 is 0 Å². The lowest BCUT2D eigenvalue weighted by Gasteiger charge is -2.36. The molecular weight excluding hydrogens is 378 g/mol. The number of hydrogen-bond acceptors (Lipinski definition) is 6. The number of amides is 2. The Balaban J connectivity index is 2.26. The number of rotatable bonds is 8. The predicted octanol–water partition coefficient (Wildman–Crippen LogP) is -0.154. The molecule has 1 aliphatic rings. The number of nitrogens with zero attached hydrogens (tertiary/aromatic N) is 1. The Kier molecular flexibility index (Phi) is 7.49. The number of carbonyl (C=O) groups is 4. The number of ether oxygens (including phenoxy) is 1. The van der Waals surface area contributed by atoms with Gasteiger partial charge < -0.3 is 25.8 Å². The van der Waals surface area contributed by atoms with Crippen molar-refractivity contribution < 1.29 is 29.0 Å². The molecule has 0 aromatic heterocycles. The number of ketones is 1. The molecule has 0 spiro atoms. The third kappa shape index (κ3) is 6.15. The first kappa shape index (κ1) is 22.1. The molecule has 0 radical (unpaired) electrons. The maximum absolute atomic E-state index is 13.2. The Hall–Kier alpha value is -3.20. The minimum absolute atomic E-state index is 0.167. The van der Waals surface area contributed by atoms with Gasteiger partial charge in [-0.25, -0.2) is 4.79 Å². The van der Waals surface area contributed by atoms with Gasteiger partial charge in [-0.15, -0.1) is 0 Å². The number of carboxylic acid groups (broad SMARTS) is 1. The molecule has 1 aliphatic heterocycles. The molecule has 1 heterocycles. The second-order valence-corrected chi connectivity index (χ2v) is 6.88. The quantitative estimate of drug-likeness (QED) is 0.548. The number of hydrogen-bond donors (Lipinski definition) is 3. The number of carboxylic acids is 1. The first-order valence-electron chi connectivity index (χ1n) is 9.15. The van der Waals surface area contributed by atoms with Crippen molar-refractivity contribution in [2.45, 2.75) is 38.5 Å². The average Bonchev–Trinajstić information content (AvgIpc) is 2.66. The van der Waals surface area contributed by atoms with Crippen molar-refractivity contribution in [2.24, 2.45) is 5.73 Å². The molecule has 9 heteroatoms. The summed E-state index contributed by atoms with van der Waals surface area (Å²) in [5, 5.41) is 11.8. The van der Waals surface area contributed by atoms with Gasteiger partial charge in [0, 0.05) is 13.5 Å². The lowest BCUT2D eigenvalue weighted by Crippen LogP contribution is -2.61. The van der Waals surface area contributed by atoms with Crippen LogP contribution in [0, 0.1) is 0 Å². The van der Waals surface area contributed by atoms with E-state index in [2.05, 4.69) is 5.32 Å². The van der Waals surface area contributed by atoms with E-state index in [-0.39, 0.29) is 18.9 Å². The highest BCUT2D eigenvalue weighted by atomic mass is 16.5. The maximum Gasteiger partial charge on any atom is 0.370 e. The summed E-state index contributed by atoms with van der Waals surface area (Å²) in [5.74, 6) is -3.14. The van der Waals surface area contributed by atoms with Crippen LogP contribution in [-0.2, 0) is 30.3 Å². The molecular formula is C20H25N3O6. The summed E-state index contributed by atoms with van der Waals surface area (Å²) < 4.78 is 5.37. The van der Waals surface area contributed by atoms with Crippen molar-refractivity contribution in [1.29, 1.82) is 0 Å². The number of nitrogens with one attached hydrogen (secondary N) is 1. The fourth-order valence-corrected chi connectivity index (χ4v) is 3.09. The lowest BCUT2D eigenvalue weighted by molar-refractivity contribution is -0.150. The fourth-order valence-electron chi connectivity index (χ4n) is 3.09. The molecule has 0 unspecified atom stereocenters. The van der Waals surface area contributed by atoms with E-state index in [1.54, 1.807) is 0 Å². The molecule has 2 amide bonds. The van der Waals surface area contributed by atoms with Crippen LogP contribution in [-0.4, -0.2) is 64.9 Å². The standard InChI is InChI=1S/C20H25N3O6/c1-12(24)11-23(9-8-14-6-4-3-5-7-14)19(26)18-17(22-13(2)25)15(21)10-16(29-18)20(27)28/h3-7,10,15,17-18H,8-9,11,21H2,1-2H3,(H,22,25)(H,27,28)/t15-,17+,18+/m0/s1. The molecule has 1 aromatic rings. The van der Waals surface area contributed by atoms with Crippen LogP contribution in [0.15, 0.2) is 42.2 Å². The molecule has 0 saturated heterocycles. The van der Waals surface area contributed by atoms with Gasteiger partial charge in [0.15, 0.2) is 6.10 Å². The number of nitrogens with two attached hydrogens (primary N) is 1. The second kappa shape index (κ2) is 9.83. The highest BCUT2D eigenvalue weighted by Gasteiger charge is 2.42.